The van der Waals surface area contributed by atoms with E-state index in [-0.39, 0.29) is 29.2 Å². The van der Waals surface area contributed by atoms with Crippen molar-refractivity contribution in [2.24, 2.45) is 0 Å². The molecule has 11 heteroatoms. The Morgan fingerprint density at radius 2 is 1.85 bits per heavy atom. The Bertz CT molecular complexity index is 1370. The topological polar surface area (TPSA) is 85.8 Å². The second-order valence-corrected chi connectivity index (χ2v) is 10.6. The first-order valence-electron chi connectivity index (χ1n) is 13.0. The lowest BCUT2D eigenvalue weighted by Gasteiger charge is -2.39. The molecule has 2 aromatic carbocycles. The van der Waals surface area contributed by atoms with Gasteiger partial charge >= 0.3 is 0 Å². The number of hydrogen-bond acceptors (Lipinski definition) is 5. The van der Waals surface area contributed by atoms with Crippen LogP contribution in [0.3, 0.4) is 0 Å². The Labute approximate surface area is 234 Å². The molecule has 210 valence electrons. The van der Waals surface area contributed by atoms with Crippen LogP contribution in [0.2, 0.25) is 5.02 Å². The van der Waals surface area contributed by atoms with E-state index in [9.17, 15) is 27.9 Å². The number of alkyl halides is 2. The zero-order valence-corrected chi connectivity index (χ0v) is 22.1. The molecule has 0 radical (unpaired) electrons. The van der Waals surface area contributed by atoms with Gasteiger partial charge in [0.1, 0.15) is 18.1 Å². The molecule has 2 amide bonds. The van der Waals surface area contributed by atoms with Crippen molar-refractivity contribution < 1.29 is 27.9 Å². The van der Waals surface area contributed by atoms with E-state index in [1.54, 1.807) is 53.6 Å². The summed E-state index contributed by atoms with van der Waals surface area (Å²) in [5, 5.41) is 13.6. The van der Waals surface area contributed by atoms with Crippen LogP contribution >= 0.6 is 11.6 Å². The number of aliphatic hydroxyl groups is 1. The summed E-state index contributed by atoms with van der Waals surface area (Å²) in [5.41, 5.74) is 0.966. The van der Waals surface area contributed by atoms with Gasteiger partial charge in [0.05, 0.1) is 11.7 Å². The number of carbonyl (C=O) groups is 2. The standard InChI is InChI=1S/C29H28ClF3N4O3/c30-23-10-2-1-9-22(23)26(27(39)35-20-15-29(32,33)16-20)37(21-8-5-6-18(31)14-21)28(40)24-11-12-25(38)36(24)17-19-7-3-4-13-34-19/h1-10,13-14,20,24-26,38H,11-12,15-17H2,(H,35,39)/t24-,25?,26?/m0/s1. The zero-order valence-electron chi connectivity index (χ0n) is 21.4. The van der Waals surface area contributed by atoms with E-state index in [1.807, 2.05) is 0 Å². The van der Waals surface area contributed by atoms with Gasteiger partial charge in [-0.2, -0.15) is 0 Å². The Morgan fingerprint density at radius 3 is 2.52 bits per heavy atom. The average molecular weight is 573 g/mol. The lowest BCUT2D eigenvalue weighted by Crippen LogP contribution is -2.56. The van der Waals surface area contributed by atoms with E-state index in [2.05, 4.69) is 10.3 Å². The Balaban J connectivity index is 1.55. The van der Waals surface area contributed by atoms with Crippen molar-refractivity contribution in [2.45, 2.75) is 62.5 Å². The number of likely N-dealkylation sites (tertiary alicyclic amines) is 1. The SMILES string of the molecule is O=C(NC1CC(F)(F)C1)C(c1ccccc1Cl)N(C(=O)[C@@H]1CCC(O)N1Cc1ccccn1)c1cccc(F)c1. The molecule has 0 bridgehead atoms. The third kappa shape index (κ3) is 5.99. The Hall–Kier alpha value is -3.47. The predicted molar refractivity (Wildman–Crippen MR) is 143 cm³/mol. The first kappa shape index (κ1) is 28.1. The molecule has 3 aromatic rings. The molecule has 40 heavy (non-hydrogen) atoms. The van der Waals surface area contributed by atoms with Crippen molar-refractivity contribution in [2.75, 3.05) is 4.90 Å². The maximum atomic E-state index is 14.5. The normalized spacial score (nSPS) is 21.4. The number of amides is 2. The minimum absolute atomic E-state index is 0.0863. The van der Waals surface area contributed by atoms with E-state index in [1.165, 1.54) is 18.2 Å². The summed E-state index contributed by atoms with van der Waals surface area (Å²) in [6.07, 6.45) is 0.179. The number of rotatable bonds is 8. The number of nitrogens with zero attached hydrogens (tertiary/aromatic N) is 3. The maximum absolute atomic E-state index is 14.5. The van der Waals surface area contributed by atoms with Gasteiger partial charge in [0.15, 0.2) is 0 Å². The van der Waals surface area contributed by atoms with Crippen LogP contribution in [0.4, 0.5) is 18.9 Å². The molecule has 1 aromatic heterocycles. The summed E-state index contributed by atoms with van der Waals surface area (Å²) in [7, 11) is 0. The van der Waals surface area contributed by atoms with Gasteiger partial charge in [0.25, 0.3) is 5.92 Å². The van der Waals surface area contributed by atoms with E-state index < -0.39 is 60.7 Å². The highest BCUT2D eigenvalue weighted by Gasteiger charge is 2.48. The number of benzene rings is 2. The largest absolute Gasteiger partial charge is 0.378 e. The van der Waals surface area contributed by atoms with Crippen LogP contribution < -0.4 is 10.2 Å². The van der Waals surface area contributed by atoms with Gasteiger partial charge < -0.3 is 10.4 Å². The average Bonchev–Trinajstić information content (AvgIpc) is 3.26. The van der Waals surface area contributed by atoms with Gasteiger partial charge in [0, 0.05) is 47.9 Å². The fourth-order valence-electron chi connectivity index (χ4n) is 5.33. The number of anilines is 1. The number of aliphatic hydroxyl groups excluding tert-OH is 1. The van der Waals surface area contributed by atoms with Gasteiger partial charge in [-0.05, 0) is 49.2 Å². The molecule has 5 rings (SSSR count). The molecule has 2 unspecified atom stereocenters. The minimum atomic E-state index is -2.87. The number of carbonyl (C=O) groups excluding carboxylic acids is 2. The first-order chi connectivity index (χ1) is 19.1. The molecule has 3 atom stereocenters. The molecule has 1 aliphatic heterocycles. The van der Waals surface area contributed by atoms with Crippen LogP contribution in [0, 0.1) is 5.82 Å². The summed E-state index contributed by atoms with van der Waals surface area (Å²) in [6.45, 7) is 0.162. The number of aromatic nitrogens is 1. The van der Waals surface area contributed by atoms with Crippen molar-refractivity contribution in [3.63, 3.8) is 0 Å². The van der Waals surface area contributed by atoms with Gasteiger partial charge in [-0.15, -0.1) is 0 Å². The smallest absolute Gasteiger partial charge is 0.252 e. The first-order valence-corrected chi connectivity index (χ1v) is 13.4. The summed E-state index contributed by atoms with van der Waals surface area (Å²) in [6, 6.07) is 13.9. The molecule has 1 aliphatic carbocycles. The van der Waals surface area contributed by atoms with Gasteiger partial charge in [0.2, 0.25) is 11.8 Å². The summed E-state index contributed by atoms with van der Waals surface area (Å²) >= 11 is 6.51. The molecular formula is C29H28ClF3N4O3. The van der Waals surface area contributed by atoms with Crippen LogP contribution in [-0.2, 0) is 16.1 Å². The van der Waals surface area contributed by atoms with Gasteiger partial charge in [-0.3, -0.25) is 24.4 Å². The number of halogens is 4. The molecule has 0 spiro atoms. The second-order valence-electron chi connectivity index (χ2n) is 10.1. The summed E-state index contributed by atoms with van der Waals surface area (Å²) in [4.78, 5) is 35.2. The highest BCUT2D eigenvalue weighted by Crippen LogP contribution is 2.39. The molecule has 7 nitrogen and oxygen atoms in total. The molecule has 2 fully saturated rings. The van der Waals surface area contributed by atoms with Crippen molar-refractivity contribution in [1.29, 1.82) is 0 Å². The van der Waals surface area contributed by atoms with Crippen LogP contribution in [-0.4, -0.2) is 51.0 Å². The summed E-state index contributed by atoms with van der Waals surface area (Å²) in [5.74, 6) is -4.80. The van der Waals surface area contributed by atoms with E-state index in [0.29, 0.717) is 12.1 Å². The zero-order chi connectivity index (χ0) is 28.4. The molecule has 2 N–H and O–H groups in total. The highest BCUT2D eigenvalue weighted by atomic mass is 35.5. The van der Waals surface area contributed by atoms with Crippen molar-refractivity contribution >= 4 is 29.1 Å². The summed E-state index contributed by atoms with van der Waals surface area (Å²) < 4.78 is 41.6. The van der Waals surface area contributed by atoms with Crippen molar-refractivity contribution in [1.82, 2.24) is 15.2 Å². The van der Waals surface area contributed by atoms with Crippen molar-refractivity contribution in [3.05, 3.63) is 95.0 Å². The monoisotopic (exact) mass is 572 g/mol. The molecule has 1 saturated carbocycles. The van der Waals surface area contributed by atoms with Crippen LogP contribution in [0.1, 0.15) is 43.0 Å². The third-order valence-electron chi connectivity index (χ3n) is 7.30. The third-order valence-corrected chi connectivity index (χ3v) is 7.65. The Kier molecular flexibility index (Phi) is 8.11. The Morgan fingerprint density at radius 1 is 1.10 bits per heavy atom. The fourth-order valence-corrected chi connectivity index (χ4v) is 5.57. The molecule has 2 heterocycles. The number of nitrogens with one attached hydrogen (secondary N) is 1. The van der Waals surface area contributed by atoms with Gasteiger partial charge in [-0.25, -0.2) is 13.2 Å². The molecule has 2 aliphatic rings. The van der Waals surface area contributed by atoms with E-state index in [0.717, 1.165) is 11.0 Å². The predicted octanol–water partition coefficient (Wildman–Crippen LogP) is 4.85. The van der Waals surface area contributed by atoms with Crippen molar-refractivity contribution in [3.8, 4) is 0 Å². The van der Waals surface area contributed by atoms with Crippen LogP contribution in [0.5, 0.6) is 0 Å². The molecule has 1 saturated heterocycles. The van der Waals surface area contributed by atoms with E-state index >= 15 is 0 Å². The fraction of sp³-hybridized carbons (Fsp3) is 0.345. The molecular weight excluding hydrogens is 545 g/mol. The van der Waals surface area contributed by atoms with E-state index in [4.69, 9.17) is 11.6 Å². The quantitative estimate of drug-likeness (QED) is 0.403. The van der Waals surface area contributed by atoms with Gasteiger partial charge in [-0.1, -0.05) is 41.9 Å². The maximum Gasteiger partial charge on any atom is 0.252 e. The lowest BCUT2D eigenvalue weighted by atomic mass is 9.87. The van der Waals surface area contributed by atoms with Crippen LogP contribution in [0.25, 0.3) is 0 Å². The highest BCUT2D eigenvalue weighted by molar-refractivity contribution is 6.31. The number of pyridine rings is 1. The lowest BCUT2D eigenvalue weighted by molar-refractivity contribution is -0.134. The second kappa shape index (κ2) is 11.6. The number of hydrogen-bond donors (Lipinski definition) is 2. The van der Waals surface area contributed by atoms with Crippen LogP contribution in [0.15, 0.2) is 72.9 Å². The minimum Gasteiger partial charge on any atom is -0.378 e.